The van der Waals surface area contributed by atoms with E-state index in [2.05, 4.69) is 26.8 Å². The standard InChI is InChI=1S/C20H25O5P.C20H25O4P/c1-20(2,3)26(21)12-25-17-11-13(22-4)10-14(19(17)26)18-15(23-5)8-7-9-16(18)24-6;1-20(2,3)25-12-24-17-11-13(21-4)10-14(19(17)25)18-15(22-5)8-7-9-16(18)23-6/h7-11H,12H2,1-6H3;7-11H,12H2,1-6H3/t26-;25-/m01/s1. The topological polar surface area (TPSA) is 90.9 Å². The molecular weight excluding hydrogens is 686 g/mol. The number of methoxy groups -OCH3 is 6. The minimum Gasteiger partial charge on any atom is -0.497 e. The molecule has 2 atom stereocenters. The second kappa shape index (κ2) is 14.9. The first-order valence-electron chi connectivity index (χ1n) is 16.7. The van der Waals surface area contributed by atoms with Crippen LogP contribution in [0, 0.1) is 0 Å². The van der Waals surface area contributed by atoms with Gasteiger partial charge in [-0.25, -0.2) is 0 Å². The van der Waals surface area contributed by atoms with E-state index in [1.54, 1.807) is 48.7 Å². The summed E-state index contributed by atoms with van der Waals surface area (Å²) in [6.07, 6.45) is 0.912. The summed E-state index contributed by atoms with van der Waals surface area (Å²) < 4.78 is 59.3. The fraction of sp³-hybridized carbons (Fsp3) is 0.400. The third-order valence-corrected chi connectivity index (χ3v) is 16.1. The Morgan fingerprint density at radius 2 is 1.06 bits per heavy atom. The van der Waals surface area contributed by atoms with Gasteiger partial charge in [0.2, 0.25) is 0 Å². The molecule has 4 aromatic carbocycles. The van der Waals surface area contributed by atoms with Crippen LogP contribution >= 0.6 is 15.1 Å². The lowest BCUT2D eigenvalue weighted by Gasteiger charge is -2.28. The highest BCUT2D eigenvalue weighted by atomic mass is 31.2. The van der Waals surface area contributed by atoms with E-state index >= 15 is 0 Å². The molecule has 0 aromatic heterocycles. The van der Waals surface area contributed by atoms with Crippen LogP contribution in [0.4, 0.5) is 0 Å². The van der Waals surface area contributed by atoms with Crippen LogP contribution in [0.2, 0.25) is 0 Å². The summed E-state index contributed by atoms with van der Waals surface area (Å²) in [5.74, 6) is 5.77. The first-order chi connectivity index (χ1) is 24.2. The Morgan fingerprint density at radius 3 is 1.49 bits per heavy atom. The van der Waals surface area contributed by atoms with Gasteiger partial charge in [0.1, 0.15) is 58.7 Å². The number of hydrogen-bond donors (Lipinski definition) is 0. The molecule has 0 unspecified atom stereocenters. The SMILES string of the molecule is COc1cc2c(c(-c3c(OC)cccc3OC)c1)[P@](=O)(C(C)(C)C)CO2.COc1cc2c(c(-c3c(OC)cccc3OC)c1)[P@](C(C)(C)C)CO2. The van der Waals surface area contributed by atoms with Crippen molar-refractivity contribution in [3.63, 3.8) is 0 Å². The molecule has 0 amide bonds. The molecule has 0 saturated carbocycles. The summed E-state index contributed by atoms with van der Waals surface area (Å²) >= 11 is 0. The zero-order valence-corrected chi connectivity index (χ0v) is 33.5. The zero-order chi connectivity index (χ0) is 37.3. The summed E-state index contributed by atoms with van der Waals surface area (Å²) in [7, 11) is 6.54. The van der Waals surface area contributed by atoms with E-state index in [9.17, 15) is 4.57 Å². The summed E-state index contributed by atoms with van der Waals surface area (Å²) in [5.41, 5.74) is 3.54. The number of fused-ring (bicyclic) bond motifs is 2. The van der Waals surface area contributed by atoms with Gasteiger partial charge >= 0.3 is 0 Å². The maximum atomic E-state index is 14.0. The average Bonchev–Trinajstić information content (AvgIpc) is 3.72. The van der Waals surface area contributed by atoms with Gasteiger partial charge < -0.3 is 42.5 Å². The quantitative estimate of drug-likeness (QED) is 0.164. The van der Waals surface area contributed by atoms with Crippen LogP contribution in [-0.4, -0.2) is 65.7 Å². The van der Waals surface area contributed by atoms with Gasteiger partial charge in [-0.1, -0.05) is 53.7 Å². The first kappa shape index (κ1) is 38.2. The monoisotopic (exact) mass is 736 g/mol. The lowest BCUT2D eigenvalue weighted by atomic mass is 10.0. The van der Waals surface area contributed by atoms with E-state index in [1.807, 2.05) is 69.3 Å². The molecule has 2 aliphatic heterocycles. The van der Waals surface area contributed by atoms with E-state index in [0.717, 1.165) is 56.9 Å². The van der Waals surface area contributed by atoms with Crippen LogP contribution in [0.5, 0.6) is 46.0 Å². The van der Waals surface area contributed by atoms with Crippen molar-refractivity contribution >= 4 is 25.7 Å². The number of rotatable bonds is 8. The first-order valence-corrected chi connectivity index (χ1v) is 20.1. The molecule has 4 aromatic rings. The van der Waals surface area contributed by atoms with Crippen molar-refractivity contribution in [2.24, 2.45) is 0 Å². The van der Waals surface area contributed by atoms with E-state index < -0.39 is 20.2 Å². The van der Waals surface area contributed by atoms with E-state index in [-0.39, 0.29) is 11.5 Å². The van der Waals surface area contributed by atoms with Crippen molar-refractivity contribution in [2.75, 3.05) is 55.4 Å². The van der Waals surface area contributed by atoms with Gasteiger partial charge in [0.25, 0.3) is 0 Å². The van der Waals surface area contributed by atoms with Gasteiger partial charge in [0.15, 0.2) is 7.14 Å². The maximum Gasteiger partial charge on any atom is 0.160 e. The Morgan fingerprint density at radius 1 is 0.608 bits per heavy atom. The van der Waals surface area contributed by atoms with Crippen molar-refractivity contribution < 1.29 is 42.5 Å². The maximum absolute atomic E-state index is 14.0. The predicted octanol–water partition coefficient (Wildman–Crippen LogP) is 9.15. The number of benzene rings is 4. The Balaban J connectivity index is 0.000000198. The predicted molar refractivity (Wildman–Crippen MR) is 207 cm³/mol. The summed E-state index contributed by atoms with van der Waals surface area (Å²) in [6.45, 7) is 12.8. The second-order valence-electron chi connectivity index (χ2n) is 14.2. The van der Waals surface area contributed by atoms with Gasteiger partial charge in [-0.2, -0.15) is 0 Å². The number of ether oxygens (including phenoxy) is 8. The van der Waals surface area contributed by atoms with Gasteiger partial charge in [-0.3, -0.25) is 0 Å². The molecule has 0 fully saturated rings. The van der Waals surface area contributed by atoms with Gasteiger partial charge in [0, 0.05) is 33.7 Å². The molecule has 0 N–H and O–H groups in total. The molecule has 9 nitrogen and oxygen atoms in total. The smallest absolute Gasteiger partial charge is 0.160 e. The van der Waals surface area contributed by atoms with Crippen LogP contribution in [0.3, 0.4) is 0 Å². The molecule has 0 bridgehead atoms. The highest BCUT2D eigenvalue weighted by molar-refractivity contribution is 7.73. The molecule has 2 heterocycles. The molecule has 0 spiro atoms. The van der Waals surface area contributed by atoms with Crippen LogP contribution in [0.15, 0.2) is 60.7 Å². The average molecular weight is 737 g/mol. The molecule has 2 aliphatic rings. The Hall–Kier alpha value is -4.06. The highest BCUT2D eigenvalue weighted by Crippen LogP contribution is 2.64. The fourth-order valence-corrected chi connectivity index (χ4v) is 11.2. The molecule has 0 radical (unpaired) electrons. The number of hydrogen-bond acceptors (Lipinski definition) is 9. The van der Waals surface area contributed by atoms with Crippen LogP contribution < -0.4 is 48.5 Å². The van der Waals surface area contributed by atoms with Gasteiger partial charge in [-0.05, 0) is 49.5 Å². The summed E-state index contributed by atoms with van der Waals surface area (Å²) in [6, 6.07) is 19.2. The lowest BCUT2D eigenvalue weighted by molar-refractivity contribution is 0.380. The zero-order valence-electron chi connectivity index (χ0n) is 31.8. The fourth-order valence-electron chi connectivity index (χ4n) is 6.37. The van der Waals surface area contributed by atoms with Crippen LogP contribution in [0.1, 0.15) is 41.5 Å². The van der Waals surface area contributed by atoms with Gasteiger partial charge in [0.05, 0.1) is 59.1 Å². The normalized spacial score (nSPS) is 17.5. The Kier molecular flexibility index (Phi) is 11.1. The van der Waals surface area contributed by atoms with Crippen molar-refractivity contribution in [3.8, 4) is 68.2 Å². The highest BCUT2D eigenvalue weighted by Gasteiger charge is 2.47. The van der Waals surface area contributed by atoms with Crippen molar-refractivity contribution in [2.45, 2.75) is 51.9 Å². The molecule has 0 saturated heterocycles. The molecule has 11 heteroatoms. The Labute approximate surface area is 303 Å². The largest absolute Gasteiger partial charge is 0.497 e. The molecule has 0 aliphatic carbocycles. The third-order valence-electron chi connectivity index (χ3n) is 9.24. The molecule has 51 heavy (non-hydrogen) atoms. The minimum atomic E-state index is -2.83. The second-order valence-corrected chi connectivity index (χ2v) is 20.6. The molecular formula is C40H50O9P2. The molecule has 274 valence electrons. The van der Waals surface area contributed by atoms with E-state index in [4.69, 9.17) is 37.9 Å². The van der Waals surface area contributed by atoms with E-state index in [0.29, 0.717) is 23.0 Å². The van der Waals surface area contributed by atoms with Gasteiger partial charge in [-0.15, -0.1) is 0 Å². The van der Waals surface area contributed by atoms with Crippen LogP contribution in [-0.2, 0) is 4.57 Å². The lowest BCUT2D eigenvalue weighted by Crippen LogP contribution is -2.23. The summed E-state index contributed by atoms with van der Waals surface area (Å²) in [5, 5.41) is 1.69. The third kappa shape index (κ3) is 7.08. The van der Waals surface area contributed by atoms with Crippen molar-refractivity contribution in [1.29, 1.82) is 0 Å². The van der Waals surface area contributed by atoms with Crippen LogP contribution in [0.25, 0.3) is 22.3 Å². The summed E-state index contributed by atoms with van der Waals surface area (Å²) in [4.78, 5) is 0. The van der Waals surface area contributed by atoms with Crippen molar-refractivity contribution in [1.82, 2.24) is 0 Å². The van der Waals surface area contributed by atoms with Crippen molar-refractivity contribution in [3.05, 3.63) is 60.7 Å². The van der Waals surface area contributed by atoms with E-state index in [1.165, 1.54) is 5.30 Å². The molecule has 6 rings (SSSR count). The minimum absolute atomic E-state index is 0.138. The Bertz CT molecular complexity index is 1900.